The molecule has 0 amide bonds. The second kappa shape index (κ2) is 5.26. The fraction of sp³-hybridized carbons (Fsp3) is 0.417. The Labute approximate surface area is 90.9 Å². The largest absolute Gasteiger partial charge is 0.397 e. The number of hydrogen-bond acceptors (Lipinski definition) is 3. The van der Waals surface area contributed by atoms with Gasteiger partial charge in [-0.05, 0) is 24.1 Å². The predicted molar refractivity (Wildman–Crippen MR) is 63.5 cm³/mol. The molecular formula is C12H17N3. The lowest BCUT2D eigenvalue weighted by atomic mass is 10.1. The average Bonchev–Trinajstić information content (AvgIpc) is 2.27. The van der Waals surface area contributed by atoms with Crippen molar-refractivity contribution in [2.24, 2.45) is 5.92 Å². The fourth-order valence-electron chi connectivity index (χ4n) is 1.21. The molecule has 80 valence electrons. The number of nitrogens with zero attached hydrogens (tertiary/aromatic N) is 1. The van der Waals surface area contributed by atoms with Crippen molar-refractivity contribution in [3.05, 3.63) is 23.8 Å². The smallest absolute Gasteiger partial charge is 0.0992 e. The molecule has 0 aromatic heterocycles. The van der Waals surface area contributed by atoms with Gasteiger partial charge in [0.25, 0.3) is 0 Å². The standard InChI is InChI=1S/C12H17N3/c1-3-9(2)8-15-12-6-10(7-13)4-5-11(12)14/h4-6,9,15H,3,8,14H2,1-2H3. The highest BCUT2D eigenvalue weighted by molar-refractivity contribution is 5.68. The molecule has 15 heavy (non-hydrogen) atoms. The molecular weight excluding hydrogens is 186 g/mol. The first-order valence-corrected chi connectivity index (χ1v) is 5.20. The van der Waals surface area contributed by atoms with Crippen LogP contribution in [-0.4, -0.2) is 6.54 Å². The maximum absolute atomic E-state index is 8.76. The molecule has 0 radical (unpaired) electrons. The van der Waals surface area contributed by atoms with Crippen LogP contribution in [0.1, 0.15) is 25.8 Å². The Morgan fingerprint density at radius 3 is 2.87 bits per heavy atom. The topological polar surface area (TPSA) is 61.8 Å². The second-order valence-corrected chi connectivity index (χ2v) is 3.81. The zero-order valence-corrected chi connectivity index (χ0v) is 9.25. The minimum Gasteiger partial charge on any atom is -0.397 e. The zero-order valence-electron chi connectivity index (χ0n) is 9.25. The summed E-state index contributed by atoms with van der Waals surface area (Å²) in [5.41, 5.74) is 7.98. The highest BCUT2D eigenvalue weighted by Gasteiger charge is 2.02. The van der Waals surface area contributed by atoms with Crippen LogP contribution >= 0.6 is 0 Å². The third-order valence-electron chi connectivity index (χ3n) is 2.52. The first-order chi connectivity index (χ1) is 7.17. The lowest BCUT2D eigenvalue weighted by Gasteiger charge is -2.13. The molecule has 1 atom stereocenters. The van der Waals surface area contributed by atoms with Crippen LogP contribution in [0.5, 0.6) is 0 Å². The van der Waals surface area contributed by atoms with E-state index in [9.17, 15) is 0 Å². The molecule has 0 heterocycles. The van der Waals surface area contributed by atoms with Gasteiger partial charge in [0.05, 0.1) is 23.0 Å². The molecule has 1 aromatic carbocycles. The fourth-order valence-corrected chi connectivity index (χ4v) is 1.21. The lowest BCUT2D eigenvalue weighted by Crippen LogP contribution is -2.11. The zero-order chi connectivity index (χ0) is 11.3. The first-order valence-electron chi connectivity index (χ1n) is 5.20. The number of rotatable bonds is 4. The molecule has 0 aliphatic rings. The highest BCUT2D eigenvalue weighted by atomic mass is 14.9. The SMILES string of the molecule is CCC(C)CNc1cc(C#N)ccc1N. The van der Waals surface area contributed by atoms with Crippen molar-refractivity contribution in [3.63, 3.8) is 0 Å². The molecule has 0 aliphatic heterocycles. The molecule has 0 saturated carbocycles. The molecule has 1 rings (SSSR count). The number of hydrogen-bond donors (Lipinski definition) is 2. The molecule has 0 aliphatic carbocycles. The van der Waals surface area contributed by atoms with Crippen LogP contribution in [0.2, 0.25) is 0 Å². The number of nitriles is 1. The van der Waals surface area contributed by atoms with Crippen molar-refractivity contribution in [3.8, 4) is 6.07 Å². The van der Waals surface area contributed by atoms with E-state index in [4.69, 9.17) is 11.0 Å². The normalized spacial score (nSPS) is 11.8. The number of benzene rings is 1. The Balaban J connectivity index is 2.72. The summed E-state index contributed by atoms with van der Waals surface area (Å²) >= 11 is 0. The summed E-state index contributed by atoms with van der Waals surface area (Å²) in [5, 5.41) is 12.0. The van der Waals surface area contributed by atoms with Crippen molar-refractivity contribution in [1.82, 2.24) is 0 Å². The molecule has 1 unspecified atom stereocenters. The Hall–Kier alpha value is -1.69. The molecule has 1 aromatic rings. The molecule has 0 saturated heterocycles. The van der Waals surface area contributed by atoms with Gasteiger partial charge >= 0.3 is 0 Å². The number of nitrogens with one attached hydrogen (secondary N) is 1. The minimum absolute atomic E-state index is 0.607. The van der Waals surface area contributed by atoms with Crippen LogP contribution in [0.3, 0.4) is 0 Å². The van der Waals surface area contributed by atoms with Gasteiger partial charge < -0.3 is 11.1 Å². The summed E-state index contributed by atoms with van der Waals surface area (Å²) < 4.78 is 0. The van der Waals surface area contributed by atoms with Crippen LogP contribution in [0.15, 0.2) is 18.2 Å². The van der Waals surface area contributed by atoms with E-state index in [-0.39, 0.29) is 0 Å². The molecule has 0 bridgehead atoms. The molecule has 0 fully saturated rings. The average molecular weight is 203 g/mol. The Bertz CT molecular complexity index is 366. The van der Waals surface area contributed by atoms with E-state index in [1.807, 2.05) is 0 Å². The van der Waals surface area contributed by atoms with E-state index in [1.165, 1.54) is 0 Å². The van der Waals surface area contributed by atoms with Gasteiger partial charge in [-0.3, -0.25) is 0 Å². The molecule has 3 heteroatoms. The van der Waals surface area contributed by atoms with Crippen molar-refractivity contribution in [2.45, 2.75) is 20.3 Å². The first kappa shape index (κ1) is 11.4. The Kier molecular flexibility index (Phi) is 3.99. The Morgan fingerprint density at radius 1 is 1.53 bits per heavy atom. The summed E-state index contributed by atoms with van der Waals surface area (Å²) in [6.07, 6.45) is 1.13. The number of nitrogens with two attached hydrogens (primary N) is 1. The summed E-state index contributed by atoms with van der Waals surface area (Å²) in [4.78, 5) is 0. The van der Waals surface area contributed by atoms with Gasteiger partial charge in [0.1, 0.15) is 0 Å². The number of nitrogen functional groups attached to an aromatic ring is 1. The van der Waals surface area contributed by atoms with Crippen LogP contribution in [0, 0.1) is 17.2 Å². The quantitative estimate of drug-likeness (QED) is 0.739. The van der Waals surface area contributed by atoms with Gasteiger partial charge in [-0.25, -0.2) is 0 Å². The summed E-state index contributed by atoms with van der Waals surface area (Å²) in [6, 6.07) is 7.38. The van der Waals surface area contributed by atoms with Crippen molar-refractivity contribution >= 4 is 11.4 Å². The predicted octanol–water partition coefficient (Wildman–Crippen LogP) is 2.60. The maximum Gasteiger partial charge on any atom is 0.0992 e. The monoisotopic (exact) mass is 203 g/mol. The second-order valence-electron chi connectivity index (χ2n) is 3.81. The highest BCUT2D eigenvalue weighted by Crippen LogP contribution is 2.20. The molecule has 0 spiro atoms. The third kappa shape index (κ3) is 3.17. The third-order valence-corrected chi connectivity index (χ3v) is 2.52. The van der Waals surface area contributed by atoms with E-state index >= 15 is 0 Å². The minimum atomic E-state index is 0.607. The lowest BCUT2D eigenvalue weighted by molar-refractivity contribution is 0.593. The van der Waals surface area contributed by atoms with E-state index < -0.39 is 0 Å². The summed E-state index contributed by atoms with van der Waals surface area (Å²) in [6.45, 7) is 5.22. The van der Waals surface area contributed by atoms with E-state index in [2.05, 4.69) is 25.2 Å². The van der Waals surface area contributed by atoms with Gasteiger partial charge in [0.2, 0.25) is 0 Å². The van der Waals surface area contributed by atoms with Crippen LogP contribution < -0.4 is 11.1 Å². The van der Waals surface area contributed by atoms with Crippen LogP contribution in [-0.2, 0) is 0 Å². The van der Waals surface area contributed by atoms with Gasteiger partial charge in [-0.15, -0.1) is 0 Å². The summed E-state index contributed by atoms with van der Waals surface area (Å²) in [7, 11) is 0. The maximum atomic E-state index is 8.76. The van der Waals surface area contributed by atoms with Crippen molar-refractivity contribution in [2.75, 3.05) is 17.6 Å². The van der Waals surface area contributed by atoms with Gasteiger partial charge in [0.15, 0.2) is 0 Å². The number of anilines is 2. The Morgan fingerprint density at radius 2 is 2.27 bits per heavy atom. The molecule has 3 N–H and O–H groups in total. The summed E-state index contributed by atoms with van der Waals surface area (Å²) in [5.74, 6) is 0.607. The van der Waals surface area contributed by atoms with E-state index in [1.54, 1.807) is 18.2 Å². The van der Waals surface area contributed by atoms with Gasteiger partial charge in [-0.1, -0.05) is 20.3 Å². The van der Waals surface area contributed by atoms with Gasteiger partial charge in [0, 0.05) is 6.54 Å². The van der Waals surface area contributed by atoms with Crippen LogP contribution in [0.4, 0.5) is 11.4 Å². The molecule has 3 nitrogen and oxygen atoms in total. The van der Waals surface area contributed by atoms with Crippen molar-refractivity contribution < 1.29 is 0 Å². The van der Waals surface area contributed by atoms with E-state index in [0.29, 0.717) is 17.2 Å². The van der Waals surface area contributed by atoms with Crippen LogP contribution in [0.25, 0.3) is 0 Å². The van der Waals surface area contributed by atoms with Crippen molar-refractivity contribution in [1.29, 1.82) is 5.26 Å². The van der Waals surface area contributed by atoms with E-state index in [0.717, 1.165) is 18.7 Å². The van der Waals surface area contributed by atoms with Gasteiger partial charge in [-0.2, -0.15) is 5.26 Å².